The molecule has 1 unspecified atom stereocenters. The summed E-state index contributed by atoms with van der Waals surface area (Å²) in [6, 6.07) is 15.7. The van der Waals surface area contributed by atoms with Crippen molar-refractivity contribution in [1.29, 1.82) is 0 Å². The Balaban J connectivity index is 1.43. The van der Waals surface area contributed by atoms with Crippen LogP contribution in [-0.2, 0) is 4.79 Å². The third kappa shape index (κ3) is 4.17. The van der Waals surface area contributed by atoms with Crippen molar-refractivity contribution in [2.45, 2.75) is 18.8 Å². The fourth-order valence-electron chi connectivity index (χ4n) is 3.33. The lowest BCUT2D eigenvalue weighted by molar-refractivity contribution is -0.127. The van der Waals surface area contributed by atoms with Crippen LogP contribution in [0.25, 0.3) is 17.5 Å². The predicted octanol–water partition coefficient (Wildman–Crippen LogP) is 4.30. The Hall–Kier alpha value is -3.28. The SMILES string of the molecule is O=C(C=Cc1ccccc1)N1CCCC(c2nc(-c3ccc(F)cc3)no2)C1. The fraction of sp³-hybridized carbons (Fsp3) is 0.227. The number of aromatic nitrogens is 2. The molecule has 5 nitrogen and oxygen atoms in total. The lowest BCUT2D eigenvalue weighted by Gasteiger charge is -2.30. The van der Waals surface area contributed by atoms with Gasteiger partial charge in [-0.3, -0.25) is 4.79 Å². The molecule has 1 atom stereocenters. The van der Waals surface area contributed by atoms with E-state index in [0.29, 0.717) is 30.4 Å². The van der Waals surface area contributed by atoms with Gasteiger partial charge in [0.15, 0.2) is 0 Å². The maximum atomic E-state index is 13.1. The number of carbonyl (C=O) groups is 1. The molecule has 0 aliphatic carbocycles. The maximum Gasteiger partial charge on any atom is 0.246 e. The van der Waals surface area contributed by atoms with E-state index >= 15 is 0 Å². The number of rotatable bonds is 4. The molecule has 1 saturated heterocycles. The maximum absolute atomic E-state index is 13.1. The van der Waals surface area contributed by atoms with E-state index in [1.807, 2.05) is 41.3 Å². The Labute approximate surface area is 162 Å². The minimum absolute atomic E-state index is 0.00419. The lowest BCUT2D eigenvalue weighted by Crippen LogP contribution is -2.38. The van der Waals surface area contributed by atoms with Crippen LogP contribution in [0.5, 0.6) is 0 Å². The van der Waals surface area contributed by atoms with Gasteiger partial charge in [0, 0.05) is 24.7 Å². The zero-order valence-electron chi connectivity index (χ0n) is 15.3. The highest BCUT2D eigenvalue weighted by Crippen LogP contribution is 2.28. The quantitative estimate of drug-likeness (QED) is 0.636. The van der Waals surface area contributed by atoms with E-state index < -0.39 is 0 Å². The Morgan fingerprint density at radius 3 is 2.71 bits per heavy atom. The second-order valence-electron chi connectivity index (χ2n) is 6.83. The van der Waals surface area contributed by atoms with E-state index in [-0.39, 0.29) is 17.6 Å². The van der Waals surface area contributed by atoms with Crippen molar-refractivity contribution < 1.29 is 13.7 Å². The predicted molar refractivity (Wildman–Crippen MR) is 104 cm³/mol. The first-order chi connectivity index (χ1) is 13.7. The molecule has 1 aliphatic heterocycles. The van der Waals surface area contributed by atoms with Crippen molar-refractivity contribution >= 4 is 12.0 Å². The van der Waals surface area contributed by atoms with E-state index in [1.54, 1.807) is 18.2 Å². The molecule has 142 valence electrons. The Kier molecular flexibility index (Phi) is 5.28. The van der Waals surface area contributed by atoms with Crippen LogP contribution in [0.15, 0.2) is 65.2 Å². The lowest BCUT2D eigenvalue weighted by atomic mass is 9.98. The second-order valence-corrected chi connectivity index (χ2v) is 6.83. The van der Waals surface area contributed by atoms with Gasteiger partial charge in [-0.25, -0.2) is 4.39 Å². The summed E-state index contributed by atoms with van der Waals surface area (Å²) < 4.78 is 18.5. The summed E-state index contributed by atoms with van der Waals surface area (Å²) in [4.78, 5) is 18.8. The number of nitrogens with zero attached hydrogens (tertiary/aromatic N) is 3. The van der Waals surface area contributed by atoms with Crippen molar-refractivity contribution in [3.8, 4) is 11.4 Å². The molecule has 1 aliphatic rings. The topological polar surface area (TPSA) is 59.2 Å². The molecular formula is C22H20FN3O2. The first kappa shape index (κ1) is 18.1. The molecule has 2 aromatic carbocycles. The Morgan fingerprint density at radius 2 is 1.93 bits per heavy atom. The summed E-state index contributed by atoms with van der Waals surface area (Å²) in [6.45, 7) is 1.26. The Bertz CT molecular complexity index is 967. The molecule has 4 rings (SSSR count). The number of hydrogen-bond acceptors (Lipinski definition) is 4. The molecule has 2 heterocycles. The van der Waals surface area contributed by atoms with Crippen molar-refractivity contribution in [2.24, 2.45) is 0 Å². The standard InChI is InChI=1S/C22H20FN3O2/c23-19-11-9-17(10-12-19)21-24-22(28-25-21)18-7-4-14-26(15-18)20(27)13-8-16-5-2-1-3-6-16/h1-3,5-6,8-13,18H,4,7,14-15H2. The molecule has 6 heteroatoms. The average Bonchev–Trinajstić information content (AvgIpc) is 3.24. The zero-order chi connectivity index (χ0) is 19.3. The normalized spacial score (nSPS) is 17.2. The van der Waals surface area contributed by atoms with Crippen LogP contribution in [0.4, 0.5) is 4.39 Å². The fourth-order valence-corrected chi connectivity index (χ4v) is 3.33. The molecule has 28 heavy (non-hydrogen) atoms. The van der Waals surface area contributed by atoms with Gasteiger partial charge in [-0.2, -0.15) is 4.98 Å². The average molecular weight is 377 g/mol. The first-order valence-corrected chi connectivity index (χ1v) is 9.30. The number of halogens is 1. The summed E-state index contributed by atoms with van der Waals surface area (Å²) in [5, 5.41) is 4.01. The van der Waals surface area contributed by atoms with Crippen molar-refractivity contribution in [1.82, 2.24) is 15.0 Å². The monoisotopic (exact) mass is 377 g/mol. The highest BCUT2D eigenvalue weighted by Gasteiger charge is 2.28. The molecule has 0 spiro atoms. The third-order valence-corrected chi connectivity index (χ3v) is 4.84. The summed E-state index contributed by atoms with van der Waals surface area (Å²) in [6.07, 6.45) is 5.20. The third-order valence-electron chi connectivity index (χ3n) is 4.84. The van der Waals surface area contributed by atoms with Crippen molar-refractivity contribution in [3.63, 3.8) is 0 Å². The van der Waals surface area contributed by atoms with Crippen LogP contribution >= 0.6 is 0 Å². The molecule has 1 amide bonds. The van der Waals surface area contributed by atoms with Crippen LogP contribution in [0, 0.1) is 5.82 Å². The van der Waals surface area contributed by atoms with Gasteiger partial charge in [-0.15, -0.1) is 0 Å². The first-order valence-electron chi connectivity index (χ1n) is 9.30. The number of carbonyl (C=O) groups excluding carboxylic acids is 1. The van der Waals surface area contributed by atoms with Gasteiger partial charge in [0.25, 0.3) is 0 Å². The largest absolute Gasteiger partial charge is 0.339 e. The van der Waals surface area contributed by atoms with E-state index in [2.05, 4.69) is 10.1 Å². The van der Waals surface area contributed by atoms with Crippen LogP contribution in [0.2, 0.25) is 0 Å². The van der Waals surface area contributed by atoms with Gasteiger partial charge in [0.1, 0.15) is 5.82 Å². The van der Waals surface area contributed by atoms with Gasteiger partial charge < -0.3 is 9.42 Å². The second kappa shape index (κ2) is 8.17. The van der Waals surface area contributed by atoms with E-state index in [0.717, 1.165) is 18.4 Å². The minimum atomic E-state index is -0.308. The van der Waals surface area contributed by atoms with Crippen molar-refractivity contribution in [2.75, 3.05) is 13.1 Å². The van der Waals surface area contributed by atoms with Crippen LogP contribution in [-0.4, -0.2) is 34.0 Å². The van der Waals surface area contributed by atoms with Gasteiger partial charge in [0.2, 0.25) is 17.6 Å². The smallest absolute Gasteiger partial charge is 0.246 e. The number of piperidine rings is 1. The summed E-state index contributed by atoms with van der Waals surface area (Å²) in [5.41, 5.74) is 1.69. The molecular weight excluding hydrogens is 357 g/mol. The van der Waals surface area contributed by atoms with Crippen LogP contribution in [0.3, 0.4) is 0 Å². The summed E-state index contributed by atoms with van der Waals surface area (Å²) >= 11 is 0. The molecule has 1 fully saturated rings. The van der Waals surface area contributed by atoms with Crippen molar-refractivity contribution in [3.05, 3.63) is 77.9 Å². The Morgan fingerprint density at radius 1 is 1.14 bits per heavy atom. The summed E-state index contributed by atoms with van der Waals surface area (Å²) in [5.74, 6) is 0.625. The van der Waals surface area contributed by atoms with Gasteiger partial charge in [-0.1, -0.05) is 35.5 Å². The molecule has 0 saturated carbocycles. The van der Waals surface area contributed by atoms with Gasteiger partial charge in [-0.05, 0) is 48.7 Å². The van der Waals surface area contributed by atoms with E-state index in [4.69, 9.17) is 4.52 Å². The number of benzene rings is 2. The summed E-state index contributed by atoms with van der Waals surface area (Å²) in [7, 11) is 0. The number of hydrogen-bond donors (Lipinski definition) is 0. The zero-order valence-corrected chi connectivity index (χ0v) is 15.3. The van der Waals surface area contributed by atoms with E-state index in [1.165, 1.54) is 12.1 Å². The van der Waals surface area contributed by atoms with Crippen LogP contribution < -0.4 is 0 Å². The highest BCUT2D eigenvalue weighted by atomic mass is 19.1. The molecule has 3 aromatic rings. The molecule has 1 aromatic heterocycles. The van der Waals surface area contributed by atoms with Crippen LogP contribution in [0.1, 0.15) is 30.2 Å². The van der Waals surface area contributed by atoms with E-state index in [9.17, 15) is 9.18 Å². The molecule has 0 N–H and O–H groups in total. The highest BCUT2D eigenvalue weighted by molar-refractivity contribution is 5.91. The van der Waals surface area contributed by atoms with Gasteiger partial charge >= 0.3 is 0 Å². The number of likely N-dealkylation sites (tertiary alicyclic amines) is 1. The molecule has 0 bridgehead atoms. The molecule has 0 radical (unpaired) electrons. The van der Waals surface area contributed by atoms with Gasteiger partial charge in [0.05, 0.1) is 5.92 Å². The minimum Gasteiger partial charge on any atom is -0.339 e. The number of amides is 1.